The Kier molecular flexibility index (Phi) is 4.05. The number of thiazole rings is 1. The van der Waals surface area contributed by atoms with Gasteiger partial charge < -0.3 is 10.1 Å². The molecule has 3 rings (SSSR count). The molecule has 0 unspecified atom stereocenters. The maximum atomic E-state index is 12.0. The normalized spacial score (nSPS) is 20.1. The molecular formula is C14H16N2O4S2. The van der Waals surface area contributed by atoms with Gasteiger partial charge in [-0.1, -0.05) is 17.4 Å². The molecule has 0 saturated carbocycles. The van der Waals surface area contributed by atoms with Gasteiger partial charge in [-0.15, -0.1) is 0 Å². The lowest BCUT2D eigenvalue weighted by Gasteiger charge is -2.06. The first-order chi connectivity index (χ1) is 10.5. The average Bonchev–Trinajstić information content (AvgIpc) is 3.00. The lowest BCUT2D eigenvalue weighted by Crippen LogP contribution is -2.17. The van der Waals surface area contributed by atoms with Crippen LogP contribution in [0.15, 0.2) is 18.2 Å². The minimum absolute atomic E-state index is 0.0890. The molecule has 1 aromatic carbocycles. The fraction of sp³-hybridized carbons (Fsp3) is 0.429. The topological polar surface area (TPSA) is 85.4 Å². The van der Waals surface area contributed by atoms with E-state index in [-0.39, 0.29) is 29.8 Å². The van der Waals surface area contributed by atoms with Crippen molar-refractivity contribution in [1.82, 2.24) is 4.98 Å². The Morgan fingerprint density at radius 3 is 3.00 bits per heavy atom. The highest BCUT2D eigenvalue weighted by molar-refractivity contribution is 7.91. The van der Waals surface area contributed by atoms with Crippen LogP contribution in [0.25, 0.3) is 10.2 Å². The number of fused-ring (bicyclic) bond motifs is 1. The quantitative estimate of drug-likeness (QED) is 0.921. The number of sulfone groups is 1. The van der Waals surface area contributed by atoms with E-state index in [9.17, 15) is 13.2 Å². The monoisotopic (exact) mass is 340 g/mol. The third-order valence-electron chi connectivity index (χ3n) is 3.65. The number of amides is 1. The summed E-state index contributed by atoms with van der Waals surface area (Å²) < 4.78 is 29.0. The average molecular weight is 340 g/mol. The van der Waals surface area contributed by atoms with Gasteiger partial charge in [0.05, 0.1) is 23.3 Å². The van der Waals surface area contributed by atoms with Crippen LogP contribution in [-0.2, 0) is 14.6 Å². The fourth-order valence-electron chi connectivity index (χ4n) is 2.61. The number of anilines is 1. The minimum Gasteiger partial charge on any atom is -0.494 e. The lowest BCUT2D eigenvalue weighted by molar-refractivity contribution is -0.116. The van der Waals surface area contributed by atoms with E-state index in [2.05, 4.69) is 10.3 Å². The van der Waals surface area contributed by atoms with Crippen LogP contribution in [0.3, 0.4) is 0 Å². The molecule has 1 aliphatic heterocycles. The Morgan fingerprint density at radius 2 is 2.32 bits per heavy atom. The van der Waals surface area contributed by atoms with Crippen LogP contribution in [-0.4, -0.2) is 37.9 Å². The van der Waals surface area contributed by atoms with Crippen molar-refractivity contribution in [2.45, 2.75) is 12.8 Å². The van der Waals surface area contributed by atoms with E-state index in [0.717, 1.165) is 4.70 Å². The Labute approximate surface area is 132 Å². The molecule has 1 fully saturated rings. The number of ether oxygens (including phenoxy) is 1. The summed E-state index contributed by atoms with van der Waals surface area (Å²) in [5, 5.41) is 3.26. The molecule has 1 aliphatic rings. The molecule has 8 heteroatoms. The van der Waals surface area contributed by atoms with Gasteiger partial charge >= 0.3 is 0 Å². The van der Waals surface area contributed by atoms with Gasteiger partial charge in [0, 0.05) is 6.42 Å². The maximum absolute atomic E-state index is 12.0. The summed E-state index contributed by atoms with van der Waals surface area (Å²) in [6.07, 6.45) is 0.774. The molecule has 2 aromatic rings. The maximum Gasteiger partial charge on any atom is 0.226 e. The molecule has 1 N–H and O–H groups in total. The summed E-state index contributed by atoms with van der Waals surface area (Å²) in [6, 6.07) is 5.60. The molecule has 22 heavy (non-hydrogen) atoms. The van der Waals surface area contributed by atoms with Crippen LogP contribution in [0.2, 0.25) is 0 Å². The van der Waals surface area contributed by atoms with Crippen LogP contribution >= 0.6 is 11.3 Å². The molecule has 0 bridgehead atoms. The highest BCUT2D eigenvalue weighted by atomic mass is 32.2. The van der Waals surface area contributed by atoms with Gasteiger partial charge in [0.1, 0.15) is 11.3 Å². The smallest absolute Gasteiger partial charge is 0.226 e. The molecule has 0 aliphatic carbocycles. The van der Waals surface area contributed by atoms with E-state index >= 15 is 0 Å². The lowest BCUT2D eigenvalue weighted by atomic mass is 10.1. The highest BCUT2D eigenvalue weighted by Gasteiger charge is 2.29. The molecule has 2 heterocycles. The molecule has 1 aromatic heterocycles. The fourth-order valence-corrected chi connectivity index (χ4v) is 5.37. The Morgan fingerprint density at radius 1 is 1.50 bits per heavy atom. The van der Waals surface area contributed by atoms with E-state index in [1.807, 2.05) is 18.2 Å². The molecule has 118 valence electrons. The van der Waals surface area contributed by atoms with Gasteiger partial charge in [-0.2, -0.15) is 0 Å². The Balaban J connectivity index is 1.69. The van der Waals surface area contributed by atoms with Crippen molar-refractivity contribution < 1.29 is 17.9 Å². The molecule has 0 spiro atoms. The van der Waals surface area contributed by atoms with Crippen LogP contribution in [0.5, 0.6) is 5.75 Å². The number of para-hydroxylation sites is 1. The number of nitrogens with zero attached hydrogens (tertiary/aromatic N) is 1. The minimum atomic E-state index is -2.95. The first kappa shape index (κ1) is 15.2. The number of nitrogens with one attached hydrogen (secondary N) is 1. The molecular weight excluding hydrogens is 324 g/mol. The number of carbonyl (C=O) groups is 1. The van der Waals surface area contributed by atoms with Crippen molar-refractivity contribution in [2.75, 3.05) is 23.9 Å². The van der Waals surface area contributed by atoms with Gasteiger partial charge in [0.25, 0.3) is 0 Å². The van der Waals surface area contributed by atoms with E-state index in [4.69, 9.17) is 4.74 Å². The summed E-state index contributed by atoms with van der Waals surface area (Å²) in [7, 11) is -1.38. The second kappa shape index (κ2) is 5.85. The molecule has 1 saturated heterocycles. The number of carbonyl (C=O) groups excluding carboxylic acids is 1. The first-order valence-corrected chi connectivity index (χ1v) is 9.54. The van der Waals surface area contributed by atoms with Crippen LogP contribution < -0.4 is 10.1 Å². The Bertz CT molecular complexity index is 813. The summed E-state index contributed by atoms with van der Waals surface area (Å²) in [5.41, 5.74) is 0.716. The molecule has 1 atom stereocenters. The number of rotatable bonds is 4. The third-order valence-corrected chi connectivity index (χ3v) is 6.42. The number of aromatic nitrogens is 1. The van der Waals surface area contributed by atoms with Gasteiger partial charge in [-0.25, -0.2) is 13.4 Å². The van der Waals surface area contributed by atoms with Crippen molar-refractivity contribution in [2.24, 2.45) is 5.92 Å². The molecule has 1 amide bonds. The second-order valence-corrected chi connectivity index (χ2v) is 8.61. The zero-order chi connectivity index (χ0) is 15.7. The molecule has 6 nitrogen and oxygen atoms in total. The highest BCUT2D eigenvalue weighted by Crippen LogP contribution is 2.32. The summed E-state index contributed by atoms with van der Waals surface area (Å²) in [4.78, 5) is 16.4. The third kappa shape index (κ3) is 3.22. The van der Waals surface area contributed by atoms with E-state index in [1.54, 1.807) is 7.11 Å². The largest absolute Gasteiger partial charge is 0.494 e. The predicted octanol–water partition coefficient (Wildman–Crippen LogP) is 2.07. The molecule has 0 radical (unpaired) electrons. The second-order valence-electron chi connectivity index (χ2n) is 5.35. The summed E-state index contributed by atoms with van der Waals surface area (Å²) >= 11 is 1.37. The first-order valence-electron chi connectivity index (χ1n) is 6.90. The van der Waals surface area contributed by atoms with Crippen LogP contribution in [0.4, 0.5) is 5.13 Å². The number of methoxy groups -OCH3 is 1. The van der Waals surface area contributed by atoms with Gasteiger partial charge in [-0.05, 0) is 24.5 Å². The summed E-state index contributed by atoms with van der Waals surface area (Å²) in [5.74, 6) is 0.669. The predicted molar refractivity (Wildman–Crippen MR) is 86.2 cm³/mol. The SMILES string of the molecule is COc1cccc2sc(NC(=O)C[C@@H]3CCS(=O)(=O)C3)nc12. The number of hydrogen-bond donors (Lipinski definition) is 1. The van der Waals surface area contributed by atoms with E-state index < -0.39 is 9.84 Å². The van der Waals surface area contributed by atoms with Crippen molar-refractivity contribution in [3.05, 3.63) is 18.2 Å². The Hall–Kier alpha value is -1.67. The van der Waals surface area contributed by atoms with E-state index in [0.29, 0.717) is 22.8 Å². The zero-order valence-electron chi connectivity index (χ0n) is 12.0. The van der Waals surface area contributed by atoms with Gasteiger partial charge in [0.2, 0.25) is 5.91 Å². The summed E-state index contributed by atoms with van der Waals surface area (Å²) in [6.45, 7) is 0. The van der Waals surface area contributed by atoms with Crippen LogP contribution in [0, 0.1) is 5.92 Å². The van der Waals surface area contributed by atoms with Crippen molar-refractivity contribution >= 4 is 42.4 Å². The van der Waals surface area contributed by atoms with Crippen molar-refractivity contribution in [3.8, 4) is 5.75 Å². The van der Waals surface area contributed by atoms with Crippen LogP contribution in [0.1, 0.15) is 12.8 Å². The van der Waals surface area contributed by atoms with E-state index in [1.165, 1.54) is 11.3 Å². The standard InChI is InChI=1S/C14H16N2O4S2/c1-20-10-3-2-4-11-13(10)16-14(21-11)15-12(17)7-9-5-6-22(18,19)8-9/h2-4,9H,5-8H2,1H3,(H,15,16,17)/t9-/m0/s1. The number of hydrogen-bond acceptors (Lipinski definition) is 6. The van der Waals surface area contributed by atoms with Crippen molar-refractivity contribution in [3.63, 3.8) is 0 Å². The number of benzene rings is 1. The van der Waals surface area contributed by atoms with Crippen molar-refractivity contribution in [1.29, 1.82) is 0 Å². The zero-order valence-corrected chi connectivity index (χ0v) is 13.7. The van der Waals surface area contributed by atoms with Gasteiger partial charge in [-0.3, -0.25) is 4.79 Å². The van der Waals surface area contributed by atoms with Gasteiger partial charge in [0.15, 0.2) is 15.0 Å².